The van der Waals surface area contributed by atoms with Crippen LogP contribution in [0.1, 0.15) is 11.1 Å². The fraction of sp³-hybridized carbons (Fsp3) is 0.235. The Hall–Kier alpha value is -2.63. The van der Waals surface area contributed by atoms with Crippen LogP contribution in [0, 0.1) is 11.6 Å². The maximum absolute atomic E-state index is 13.6. The Morgan fingerprint density at radius 2 is 1.74 bits per heavy atom. The van der Waals surface area contributed by atoms with Gasteiger partial charge in [-0.3, -0.25) is 4.99 Å². The Morgan fingerprint density at radius 1 is 1.04 bits per heavy atom. The van der Waals surface area contributed by atoms with E-state index in [0.29, 0.717) is 12.5 Å². The molecular formula is C17H19F2N3O. The number of halogens is 2. The van der Waals surface area contributed by atoms with Crippen LogP contribution < -0.4 is 15.4 Å². The molecular weight excluding hydrogens is 300 g/mol. The number of ether oxygens (including phenoxy) is 1. The van der Waals surface area contributed by atoms with Crippen molar-refractivity contribution in [2.45, 2.75) is 13.1 Å². The van der Waals surface area contributed by atoms with Crippen LogP contribution >= 0.6 is 0 Å². The summed E-state index contributed by atoms with van der Waals surface area (Å²) in [4.78, 5) is 4.06. The van der Waals surface area contributed by atoms with Crippen molar-refractivity contribution in [3.05, 3.63) is 65.2 Å². The van der Waals surface area contributed by atoms with E-state index in [2.05, 4.69) is 15.6 Å². The molecule has 2 aromatic rings. The van der Waals surface area contributed by atoms with Gasteiger partial charge in [0.05, 0.1) is 7.11 Å². The molecule has 0 bridgehead atoms. The van der Waals surface area contributed by atoms with E-state index >= 15 is 0 Å². The smallest absolute Gasteiger partial charge is 0.191 e. The highest BCUT2D eigenvalue weighted by Gasteiger charge is 2.06. The van der Waals surface area contributed by atoms with Crippen LogP contribution in [0.2, 0.25) is 0 Å². The quantitative estimate of drug-likeness (QED) is 0.658. The van der Waals surface area contributed by atoms with Crippen molar-refractivity contribution < 1.29 is 13.5 Å². The number of hydrogen-bond donors (Lipinski definition) is 2. The highest BCUT2D eigenvalue weighted by molar-refractivity contribution is 5.79. The number of para-hydroxylation sites is 1. The molecule has 4 nitrogen and oxygen atoms in total. The fourth-order valence-corrected chi connectivity index (χ4v) is 2.11. The van der Waals surface area contributed by atoms with Crippen molar-refractivity contribution in [2.24, 2.45) is 4.99 Å². The standard InChI is InChI=1S/C17H19F2N3O/c1-20-17(21-10-12-5-3-4-6-16(12)23-2)22-11-13-9-14(18)7-8-15(13)19/h3-9H,10-11H2,1-2H3,(H2,20,21,22). The largest absolute Gasteiger partial charge is 0.496 e. The average molecular weight is 319 g/mol. The minimum atomic E-state index is -0.472. The molecule has 0 aliphatic carbocycles. The van der Waals surface area contributed by atoms with Crippen molar-refractivity contribution in [1.82, 2.24) is 10.6 Å². The minimum absolute atomic E-state index is 0.134. The van der Waals surface area contributed by atoms with E-state index in [1.807, 2.05) is 24.3 Å². The lowest BCUT2D eigenvalue weighted by Crippen LogP contribution is -2.36. The summed E-state index contributed by atoms with van der Waals surface area (Å²) in [6.45, 7) is 0.629. The molecule has 0 aliphatic rings. The molecule has 0 heterocycles. The van der Waals surface area contributed by atoms with E-state index in [0.717, 1.165) is 29.5 Å². The first-order valence-corrected chi connectivity index (χ1v) is 7.14. The zero-order valence-corrected chi connectivity index (χ0v) is 13.1. The maximum Gasteiger partial charge on any atom is 0.191 e. The third-order valence-electron chi connectivity index (χ3n) is 3.32. The molecule has 0 aliphatic heterocycles. The van der Waals surface area contributed by atoms with Crippen molar-refractivity contribution in [2.75, 3.05) is 14.2 Å². The van der Waals surface area contributed by atoms with Crippen LogP contribution in [0.25, 0.3) is 0 Å². The number of nitrogens with zero attached hydrogens (tertiary/aromatic N) is 1. The number of guanidine groups is 1. The Kier molecular flexibility index (Phi) is 5.91. The number of benzene rings is 2. The van der Waals surface area contributed by atoms with Gasteiger partial charge in [0.25, 0.3) is 0 Å². The van der Waals surface area contributed by atoms with Gasteiger partial charge in [-0.05, 0) is 24.3 Å². The topological polar surface area (TPSA) is 45.7 Å². The molecule has 0 fully saturated rings. The van der Waals surface area contributed by atoms with E-state index in [1.54, 1.807) is 14.2 Å². The molecule has 2 rings (SSSR count). The normalized spacial score (nSPS) is 11.2. The van der Waals surface area contributed by atoms with Crippen molar-refractivity contribution >= 4 is 5.96 Å². The van der Waals surface area contributed by atoms with E-state index in [4.69, 9.17) is 4.74 Å². The molecule has 0 aromatic heterocycles. The molecule has 0 spiro atoms. The van der Waals surface area contributed by atoms with Crippen LogP contribution in [-0.4, -0.2) is 20.1 Å². The number of nitrogens with one attached hydrogen (secondary N) is 2. The molecule has 0 unspecified atom stereocenters. The molecule has 0 amide bonds. The number of aliphatic imine (C=N–C) groups is 1. The predicted octanol–water partition coefficient (Wildman–Crippen LogP) is 2.84. The van der Waals surface area contributed by atoms with Gasteiger partial charge in [-0.1, -0.05) is 18.2 Å². The first kappa shape index (κ1) is 16.7. The van der Waals surface area contributed by atoms with Crippen LogP contribution in [0.4, 0.5) is 8.78 Å². The van der Waals surface area contributed by atoms with Gasteiger partial charge in [-0.25, -0.2) is 8.78 Å². The zero-order chi connectivity index (χ0) is 16.7. The summed E-state index contributed by atoms with van der Waals surface area (Å²) in [5.74, 6) is 0.324. The molecule has 2 N–H and O–H groups in total. The molecule has 0 atom stereocenters. The number of methoxy groups -OCH3 is 1. The van der Waals surface area contributed by atoms with E-state index < -0.39 is 11.6 Å². The van der Waals surface area contributed by atoms with Crippen LogP contribution in [0.15, 0.2) is 47.5 Å². The van der Waals surface area contributed by atoms with Gasteiger partial charge in [0, 0.05) is 31.3 Å². The van der Waals surface area contributed by atoms with Crippen LogP contribution in [0.5, 0.6) is 5.75 Å². The van der Waals surface area contributed by atoms with E-state index in [9.17, 15) is 8.78 Å². The summed E-state index contributed by atoms with van der Waals surface area (Å²) in [5.41, 5.74) is 1.21. The molecule has 0 saturated carbocycles. The van der Waals surface area contributed by atoms with E-state index in [1.165, 1.54) is 0 Å². The second-order valence-corrected chi connectivity index (χ2v) is 4.83. The molecule has 0 saturated heterocycles. The van der Waals surface area contributed by atoms with Gasteiger partial charge in [-0.2, -0.15) is 0 Å². The van der Waals surface area contributed by atoms with Crippen LogP contribution in [0.3, 0.4) is 0 Å². The van der Waals surface area contributed by atoms with Gasteiger partial charge in [-0.15, -0.1) is 0 Å². The number of rotatable bonds is 5. The Bertz CT molecular complexity index is 689. The first-order chi connectivity index (χ1) is 11.1. The van der Waals surface area contributed by atoms with Crippen molar-refractivity contribution in [3.63, 3.8) is 0 Å². The summed E-state index contributed by atoms with van der Waals surface area (Å²) in [5, 5.41) is 6.06. The second-order valence-electron chi connectivity index (χ2n) is 4.83. The number of hydrogen-bond acceptors (Lipinski definition) is 2. The maximum atomic E-state index is 13.6. The first-order valence-electron chi connectivity index (χ1n) is 7.14. The Balaban J connectivity index is 1.95. The third-order valence-corrected chi connectivity index (χ3v) is 3.32. The summed E-state index contributed by atoms with van der Waals surface area (Å²) in [6.07, 6.45) is 0. The lowest BCUT2D eigenvalue weighted by Gasteiger charge is -2.14. The highest BCUT2D eigenvalue weighted by Crippen LogP contribution is 2.16. The third kappa shape index (κ3) is 4.67. The summed E-state index contributed by atoms with van der Waals surface area (Å²) < 4.78 is 32.0. The molecule has 0 radical (unpaired) electrons. The lowest BCUT2D eigenvalue weighted by molar-refractivity contribution is 0.409. The van der Waals surface area contributed by atoms with Crippen molar-refractivity contribution in [1.29, 1.82) is 0 Å². The molecule has 2 aromatic carbocycles. The van der Waals surface area contributed by atoms with E-state index in [-0.39, 0.29) is 12.1 Å². The zero-order valence-electron chi connectivity index (χ0n) is 13.1. The van der Waals surface area contributed by atoms with Crippen LogP contribution in [-0.2, 0) is 13.1 Å². The molecule has 23 heavy (non-hydrogen) atoms. The summed E-state index contributed by atoms with van der Waals surface area (Å²) in [6, 6.07) is 11.0. The lowest BCUT2D eigenvalue weighted by atomic mass is 10.2. The fourth-order valence-electron chi connectivity index (χ4n) is 2.11. The molecule has 122 valence electrons. The summed E-state index contributed by atoms with van der Waals surface area (Å²) >= 11 is 0. The van der Waals surface area contributed by atoms with Gasteiger partial charge >= 0.3 is 0 Å². The van der Waals surface area contributed by atoms with Gasteiger partial charge in [0.15, 0.2) is 5.96 Å². The SMILES string of the molecule is CN=C(NCc1cc(F)ccc1F)NCc1ccccc1OC. The average Bonchev–Trinajstić information content (AvgIpc) is 2.58. The monoisotopic (exact) mass is 319 g/mol. The minimum Gasteiger partial charge on any atom is -0.496 e. The second kappa shape index (κ2) is 8.12. The van der Waals surface area contributed by atoms with Gasteiger partial charge < -0.3 is 15.4 Å². The predicted molar refractivity (Wildman–Crippen MR) is 86.4 cm³/mol. The summed E-state index contributed by atoms with van der Waals surface area (Å²) in [7, 11) is 3.22. The highest BCUT2D eigenvalue weighted by atomic mass is 19.1. The molecule has 6 heteroatoms. The van der Waals surface area contributed by atoms with Crippen molar-refractivity contribution in [3.8, 4) is 5.75 Å². The van der Waals surface area contributed by atoms with Gasteiger partial charge in [0.2, 0.25) is 0 Å². The van der Waals surface area contributed by atoms with Gasteiger partial charge in [0.1, 0.15) is 17.4 Å². The Labute approximate surface area is 134 Å². The Morgan fingerprint density at radius 3 is 2.43 bits per heavy atom.